The van der Waals surface area contributed by atoms with Crippen molar-refractivity contribution in [3.05, 3.63) is 90.5 Å². The first-order valence-corrected chi connectivity index (χ1v) is 9.60. The topological polar surface area (TPSA) is 41.6 Å². The number of ether oxygens (including phenoxy) is 1. The summed E-state index contributed by atoms with van der Waals surface area (Å²) in [6.07, 6.45) is 0.578. The molecule has 1 amide bonds. The molecule has 1 N–H and O–H groups in total. The van der Waals surface area contributed by atoms with Gasteiger partial charge in [0.05, 0.1) is 5.69 Å². The Bertz CT molecular complexity index is 990. The van der Waals surface area contributed by atoms with Crippen LogP contribution in [0, 0.1) is 0 Å². The summed E-state index contributed by atoms with van der Waals surface area (Å²) in [4.78, 5) is 15.0. The van der Waals surface area contributed by atoms with Gasteiger partial charge in [-0.1, -0.05) is 55.5 Å². The lowest BCUT2D eigenvalue weighted by Crippen LogP contribution is -2.43. The van der Waals surface area contributed by atoms with E-state index >= 15 is 0 Å². The van der Waals surface area contributed by atoms with Crippen LogP contribution in [0.15, 0.2) is 84.9 Å². The van der Waals surface area contributed by atoms with E-state index < -0.39 is 5.54 Å². The van der Waals surface area contributed by atoms with Gasteiger partial charge in [0.15, 0.2) is 5.11 Å². The van der Waals surface area contributed by atoms with E-state index in [1.807, 2.05) is 91.9 Å². The van der Waals surface area contributed by atoms with Crippen molar-refractivity contribution in [2.24, 2.45) is 0 Å². The van der Waals surface area contributed by atoms with Crippen LogP contribution in [0.25, 0.3) is 0 Å². The molecule has 3 aromatic carbocycles. The normalized spacial score (nSPS) is 18.8. The molecule has 0 bridgehead atoms. The Morgan fingerprint density at radius 1 is 0.893 bits per heavy atom. The van der Waals surface area contributed by atoms with Gasteiger partial charge in [0.1, 0.15) is 17.0 Å². The van der Waals surface area contributed by atoms with Crippen LogP contribution in [0.3, 0.4) is 0 Å². The van der Waals surface area contributed by atoms with Crippen molar-refractivity contribution in [1.82, 2.24) is 5.32 Å². The lowest BCUT2D eigenvalue weighted by molar-refractivity contribution is -0.122. The average Bonchev–Trinajstić information content (AvgIpc) is 3.00. The molecule has 0 aliphatic carbocycles. The second kappa shape index (κ2) is 7.44. The molecule has 1 atom stereocenters. The molecule has 1 aliphatic heterocycles. The van der Waals surface area contributed by atoms with Crippen molar-refractivity contribution in [2.45, 2.75) is 18.9 Å². The SMILES string of the molecule is CCC1(c2ccc(Oc3ccccc3)cc2)NC(=S)N(c2ccccc2)C1=O. The third-order valence-corrected chi connectivity index (χ3v) is 5.25. The largest absolute Gasteiger partial charge is 0.457 e. The van der Waals surface area contributed by atoms with E-state index in [1.165, 1.54) is 0 Å². The number of hydrogen-bond acceptors (Lipinski definition) is 3. The summed E-state index contributed by atoms with van der Waals surface area (Å²) in [5.41, 5.74) is 0.753. The Balaban J connectivity index is 1.63. The lowest BCUT2D eigenvalue weighted by atomic mass is 9.87. The monoisotopic (exact) mass is 388 g/mol. The zero-order valence-corrected chi connectivity index (χ0v) is 16.3. The standard InChI is InChI=1S/C23H20N2O2S/c1-2-23(21(26)25(22(28)24-23)18-9-5-3-6-10-18)17-13-15-20(16-14-17)27-19-11-7-4-8-12-19/h3-16H,2H2,1H3,(H,24,28). The molecule has 140 valence electrons. The quantitative estimate of drug-likeness (QED) is 0.624. The first-order valence-electron chi connectivity index (χ1n) is 9.19. The summed E-state index contributed by atoms with van der Waals surface area (Å²) in [5, 5.41) is 3.69. The highest BCUT2D eigenvalue weighted by molar-refractivity contribution is 7.80. The summed E-state index contributed by atoms with van der Waals surface area (Å²) >= 11 is 5.50. The summed E-state index contributed by atoms with van der Waals surface area (Å²) in [7, 11) is 0. The summed E-state index contributed by atoms with van der Waals surface area (Å²) in [5.74, 6) is 1.42. The molecule has 1 fully saturated rings. The third-order valence-electron chi connectivity index (χ3n) is 4.96. The van der Waals surface area contributed by atoms with Gasteiger partial charge in [-0.2, -0.15) is 0 Å². The Hall–Kier alpha value is -3.18. The Labute approximate surface area is 169 Å². The van der Waals surface area contributed by atoms with Crippen LogP contribution in [0.5, 0.6) is 11.5 Å². The van der Waals surface area contributed by atoms with Crippen molar-refractivity contribution in [2.75, 3.05) is 4.90 Å². The molecule has 0 saturated carbocycles. The number of nitrogens with one attached hydrogen (secondary N) is 1. The fourth-order valence-electron chi connectivity index (χ4n) is 3.46. The Morgan fingerprint density at radius 2 is 1.46 bits per heavy atom. The summed E-state index contributed by atoms with van der Waals surface area (Å²) < 4.78 is 5.86. The Morgan fingerprint density at radius 3 is 2.07 bits per heavy atom. The maximum atomic E-state index is 13.4. The molecular formula is C23H20N2O2S. The molecule has 1 heterocycles. The molecule has 1 saturated heterocycles. The van der Waals surface area contributed by atoms with Crippen molar-refractivity contribution in [3.63, 3.8) is 0 Å². The number of carbonyl (C=O) groups is 1. The van der Waals surface area contributed by atoms with E-state index in [4.69, 9.17) is 17.0 Å². The van der Waals surface area contributed by atoms with Gasteiger partial charge in [-0.3, -0.25) is 9.69 Å². The number of thiocarbonyl (C=S) groups is 1. The van der Waals surface area contributed by atoms with Crippen LogP contribution in [0.2, 0.25) is 0 Å². The number of hydrogen-bond donors (Lipinski definition) is 1. The average molecular weight is 388 g/mol. The van der Waals surface area contributed by atoms with Gasteiger partial charge in [0, 0.05) is 0 Å². The highest BCUT2D eigenvalue weighted by Crippen LogP contribution is 2.36. The fraction of sp³-hybridized carbons (Fsp3) is 0.130. The van der Waals surface area contributed by atoms with Crippen molar-refractivity contribution in [1.29, 1.82) is 0 Å². The fourth-order valence-corrected chi connectivity index (χ4v) is 3.82. The smallest absolute Gasteiger partial charge is 0.263 e. The predicted octanol–water partition coefficient (Wildman–Crippen LogP) is 5.01. The van der Waals surface area contributed by atoms with Gasteiger partial charge >= 0.3 is 0 Å². The van der Waals surface area contributed by atoms with E-state index in [1.54, 1.807) is 4.90 Å². The zero-order chi connectivity index (χ0) is 19.6. The van der Waals surface area contributed by atoms with E-state index in [9.17, 15) is 4.79 Å². The molecule has 0 spiro atoms. The first kappa shape index (κ1) is 18.2. The van der Waals surface area contributed by atoms with Gasteiger partial charge in [-0.05, 0) is 60.6 Å². The molecule has 1 unspecified atom stereocenters. The second-order valence-corrected chi connectivity index (χ2v) is 6.99. The zero-order valence-electron chi connectivity index (χ0n) is 15.5. The van der Waals surface area contributed by atoms with Gasteiger partial charge in [0.25, 0.3) is 5.91 Å². The van der Waals surface area contributed by atoms with E-state index in [-0.39, 0.29) is 5.91 Å². The summed E-state index contributed by atoms with van der Waals surface area (Å²) in [6.45, 7) is 1.98. The number of carbonyl (C=O) groups excluding carboxylic acids is 1. The number of benzene rings is 3. The molecule has 0 aromatic heterocycles. The second-order valence-electron chi connectivity index (χ2n) is 6.60. The summed E-state index contributed by atoms with van der Waals surface area (Å²) in [6, 6.07) is 26.7. The highest BCUT2D eigenvalue weighted by atomic mass is 32.1. The predicted molar refractivity (Wildman–Crippen MR) is 115 cm³/mol. The van der Waals surface area contributed by atoms with Crippen molar-refractivity contribution >= 4 is 28.9 Å². The minimum atomic E-state index is -0.877. The van der Waals surface area contributed by atoms with Crippen molar-refractivity contribution in [3.8, 4) is 11.5 Å². The van der Waals surface area contributed by atoms with E-state index in [0.717, 1.165) is 17.0 Å². The number of rotatable bonds is 5. The first-order chi connectivity index (χ1) is 13.6. The maximum absolute atomic E-state index is 13.4. The number of nitrogens with zero attached hydrogens (tertiary/aromatic N) is 1. The molecule has 4 nitrogen and oxygen atoms in total. The molecule has 28 heavy (non-hydrogen) atoms. The van der Waals surface area contributed by atoms with Gasteiger partial charge in [0.2, 0.25) is 0 Å². The lowest BCUT2D eigenvalue weighted by Gasteiger charge is -2.26. The van der Waals surface area contributed by atoms with Gasteiger partial charge in [-0.15, -0.1) is 0 Å². The molecule has 0 radical (unpaired) electrons. The maximum Gasteiger partial charge on any atom is 0.263 e. The third kappa shape index (κ3) is 3.14. The van der Waals surface area contributed by atoms with Gasteiger partial charge < -0.3 is 10.1 Å². The molecule has 4 rings (SSSR count). The van der Waals surface area contributed by atoms with Crippen LogP contribution in [0.4, 0.5) is 5.69 Å². The van der Waals surface area contributed by atoms with E-state index in [2.05, 4.69) is 5.32 Å². The van der Waals surface area contributed by atoms with Crippen LogP contribution in [0.1, 0.15) is 18.9 Å². The number of para-hydroxylation sites is 2. The minimum Gasteiger partial charge on any atom is -0.457 e. The number of anilines is 1. The van der Waals surface area contributed by atoms with Crippen LogP contribution < -0.4 is 15.0 Å². The molecular weight excluding hydrogens is 368 g/mol. The highest BCUT2D eigenvalue weighted by Gasteiger charge is 2.49. The van der Waals surface area contributed by atoms with Crippen LogP contribution in [-0.2, 0) is 10.3 Å². The molecule has 5 heteroatoms. The van der Waals surface area contributed by atoms with Gasteiger partial charge in [-0.25, -0.2) is 0 Å². The molecule has 3 aromatic rings. The Kier molecular flexibility index (Phi) is 4.84. The molecule has 1 aliphatic rings. The van der Waals surface area contributed by atoms with Crippen LogP contribution in [-0.4, -0.2) is 11.0 Å². The van der Waals surface area contributed by atoms with E-state index in [0.29, 0.717) is 17.3 Å². The van der Waals surface area contributed by atoms with Crippen molar-refractivity contribution < 1.29 is 9.53 Å². The van der Waals surface area contributed by atoms with Crippen LogP contribution >= 0.6 is 12.2 Å². The minimum absolute atomic E-state index is 0.0667. The number of amides is 1.